The number of hydrogen-bond donors (Lipinski definition) is 0. The van der Waals surface area contributed by atoms with Crippen molar-refractivity contribution in [3.8, 4) is 0 Å². The summed E-state index contributed by atoms with van der Waals surface area (Å²) in [4.78, 5) is 23.1. The molecule has 0 spiro atoms. The number of Topliss-reactive ketones (excluding diaryl/α,β-unsaturated/α-hetero) is 1. The lowest BCUT2D eigenvalue weighted by atomic mass is 9.81. The molecule has 0 fully saturated rings. The molecule has 15 heavy (non-hydrogen) atoms. The zero-order chi connectivity index (χ0) is 10.8. The van der Waals surface area contributed by atoms with E-state index in [-0.39, 0.29) is 17.7 Å². The van der Waals surface area contributed by atoms with Gasteiger partial charge in [0.15, 0.2) is 5.78 Å². The van der Waals surface area contributed by atoms with E-state index in [4.69, 9.17) is 4.74 Å². The first kappa shape index (κ1) is 10.4. The SMILES string of the molecule is CCC[C@@H]1CC(=O)OC2=C1C(=O)CCC2. The molecule has 3 heteroatoms. The third-order valence-electron chi connectivity index (χ3n) is 3.10. The summed E-state index contributed by atoms with van der Waals surface area (Å²) in [6.07, 6.45) is 4.51. The van der Waals surface area contributed by atoms with E-state index in [2.05, 4.69) is 6.92 Å². The molecule has 1 atom stereocenters. The Hall–Kier alpha value is -1.12. The third-order valence-corrected chi connectivity index (χ3v) is 3.10. The third kappa shape index (κ3) is 1.96. The van der Waals surface area contributed by atoms with Gasteiger partial charge in [0.2, 0.25) is 0 Å². The molecule has 1 heterocycles. The minimum atomic E-state index is -0.165. The van der Waals surface area contributed by atoms with Crippen LogP contribution in [0.3, 0.4) is 0 Å². The van der Waals surface area contributed by atoms with Crippen LogP contribution in [-0.2, 0) is 14.3 Å². The smallest absolute Gasteiger partial charge is 0.311 e. The van der Waals surface area contributed by atoms with Crippen molar-refractivity contribution in [2.45, 2.75) is 45.4 Å². The summed E-state index contributed by atoms with van der Waals surface area (Å²) in [5.74, 6) is 0.823. The molecule has 0 unspecified atom stereocenters. The summed E-state index contributed by atoms with van der Waals surface area (Å²) in [5.41, 5.74) is 0.822. The highest BCUT2D eigenvalue weighted by Gasteiger charge is 2.34. The van der Waals surface area contributed by atoms with Gasteiger partial charge >= 0.3 is 5.97 Å². The lowest BCUT2D eigenvalue weighted by Gasteiger charge is -2.29. The van der Waals surface area contributed by atoms with Crippen LogP contribution in [0.25, 0.3) is 0 Å². The van der Waals surface area contributed by atoms with Gasteiger partial charge in [-0.2, -0.15) is 0 Å². The lowest BCUT2D eigenvalue weighted by molar-refractivity contribution is -0.143. The molecule has 3 nitrogen and oxygen atoms in total. The lowest BCUT2D eigenvalue weighted by Crippen LogP contribution is -2.28. The van der Waals surface area contributed by atoms with Gasteiger partial charge in [0.05, 0.1) is 6.42 Å². The highest BCUT2D eigenvalue weighted by Crippen LogP contribution is 2.36. The molecule has 0 aromatic rings. The Kier molecular flexibility index (Phi) is 2.89. The minimum Gasteiger partial charge on any atom is -0.431 e. The molecule has 0 aromatic carbocycles. The van der Waals surface area contributed by atoms with Crippen LogP contribution in [0.15, 0.2) is 11.3 Å². The number of hydrogen-bond acceptors (Lipinski definition) is 3. The van der Waals surface area contributed by atoms with Crippen molar-refractivity contribution in [2.24, 2.45) is 5.92 Å². The van der Waals surface area contributed by atoms with Crippen molar-refractivity contribution >= 4 is 11.8 Å². The van der Waals surface area contributed by atoms with Crippen LogP contribution in [0, 0.1) is 5.92 Å². The molecule has 2 aliphatic rings. The average molecular weight is 208 g/mol. The Balaban J connectivity index is 2.30. The summed E-state index contributed by atoms with van der Waals surface area (Å²) in [6, 6.07) is 0. The number of allylic oxidation sites excluding steroid dienone is 2. The molecule has 0 N–H and O–H groups in total. The van der Waals surface area contributed by atoms with E-state index in [9.17, 15) is 9.59 Å². The average Bonchev–Trinajstić information content (AvgIpc) is 2.17. The molecular weight excluding hydrogens is 192 g/mol. The van der Waals surface area contributed by atoms with Gasteiger partial charge in [-0.25, -0.2) is 0 Å². The van der Waals surface area contributed by atoms with Gasteiger partial charge in [-0.05, 0) is 12.8 Å². The van der Waals surface area contributed by atoms with Crippen molar-refractivity contribution < 1.29 is 14.3 Å². The van der Waals surface area contributed by atoms with Gasteiger partial charge in [0.25, 0.3) is 0 Å². The van der Waals surface area contributed by atoms with Crippen molar-refractivity contribution in [3.63, 3.8) is 0 Å². The van der Waals surface area contributed by atoms with E-state index < -0.39 is 0 Å². The Labute approximate surface area is 89.5 Å². The highest BCUT2D eigenvalue weighted by molar-refractivity contribution is 5.98. The normalized spacial score (nSPS) is 26.3. The topological polar surface area (TPSA) is 43.4 Å². The van der Waals surface area contributed by atoms with Gasteiger partial charge in [-0.1, -0.05) is 13.3 Å². The quantitative estimate of drug-likeness (QED) is 0.654. The number of carbonyl (C=O) groups excluding carboxylic acids is 2. The fourth-order valence-corrected chi connectivity index (χ4v) is 2.47. The molecule has 0 amide bonds. The zero-order valence-electron chi connectivity index (χ0n) is 9.04. The van der Waals surface area contributed by atoms with Gasteiger partial charge in [0, 0.05) is 24.3 Å². The van der Waals surface area contributed by atoms with Crippen LogP contribution in [-0.4, -0.2) is 11.8 Å². The van der Waals surface area contributed by atoms with Crippen LogP contribution in [0.4, 0.5) is 0 Å². The molecule has 1 aliphatic carbocycles. The molecule has 0 aromatic heterocycles. The zero-order valence-corrected chi connectivity index (χ0v) is 9.04. The first-order valence-corrected chi connectivity index (χ1v) is 5.69. The van der Waals surface area contributed by atoms with Crippen molar-refractivity contribution in [1.29, 1.82) is 0 Å². The highest BCUT2D eigenvalue weighted by atomic mass is 16.5. The number of ketones is 1. The Morgan fingerprint density at radius 3 is 2.87 bits per heavy atom. The van der Waals surface area contributed by atoms with E-state index in [1.807, 2.05) is 0 Å². The van der Waals surface area contributed by atoms with Crippen molar-refractivity contribution in [2.75, 3.05) is 0 Å². The fraction of sp³-hybridized carbons (Fsp3) is 0.667. The summed E-state index contributed by atoms with van der Waals surface area (Å²) in [5, 5.41) is 0. The maximum Gasteiger partial charge on any atom is 0.311 e. The second-order valence-corrected chi connectivity index (χ2v) is 4.28. The summed E-state index contributed by atoms with van der Waals surface area (Å²) < 4.78 is 5.16. The summed E-state index contributed by atoms with van der Waals surface area (Å²) >= 11 is 0. The maximum atomic E-state index is 11.8. The van der Waals surface area contributed by atoms with Crippen LogP contribution in [0.2, 0.25) is 0 Å². The second kappa shape index (κ2) is 4.17. The van der Waals surface area contributed by atoms with Crippen LogP contribution >= 0.6 is 0 Å². The van der Waals surface area contributed by atoms with E-state index in [1.54, 1.807) is 0 Å². The van der Waals surface area contributed by atoms with Gasteiger partial charge in [0.1, 0.15) is 5.76 Å². The van der Waals surface area contributed by atoms with Gasteiger partial charge in [-0.3, -0.25) is 9.59 Å². The van der Waals surface area contributed by atoms with E-state index in [0.29, 0.717) is 18.6 Å². The minimum absolute atomic E-state index is 0.124. The summed E-state index contributed by atoms with van der Waals surface area (Å²) in [7, 11) is 0. The van der Waals surface area contributed by atoms with Crippen LogP contribution in [0.1, 0.15) is 45.4 Å². The van der Waals surface area contributed by atoms with Crippen LogP contribution < -0.4 is 0 Å². The maximum absolute atomic E-state index is 11.8. The number of esters is 1. The standard InChI is InChI=1S/C12H16O3/c1-2-4-8-7-11(14)15-10-6-3-5-9(13)12(8)10/h8H,2-7H2,1H3/t8-/m1/s1. The molecule has 1 aliphatic heterocycles. The monoisotopic (exact) mass is 208 g/mol. The van der Waals surface area contributed by atoms with Gasteiger partial charge < -0.3 is 4.74 Å². The van der Waals surface area contributed by atoms with E-state index in [0.717, 1.165) is 31.3 Å². The Morgan fingerprint density at radius 1 is 1.33 bits per heavy atom. The molecule has 0 radical (unpaired) electrons. The van der Waals surface area contributed by atoms with E-state index in [1.165, 1.54) is 0 Å². The van der Waals surface area contributed by atoms with Gasteiger partial charge in [-0.15, -0.1) is 0 Å². The number of ether oxygens (including phenoxy) is 1. The first-order chi connectivity index (χ1) is 7.22. The first-order valence-electron chi connectivity index (χ1n) is 5.69. The largest absolute Gasteiger partial charge is 0.431 e. The predicted molar refractivity (Wildman–Crippen MR) is 55.0 cm³/mol. The molecule has 0 saturated heterocycles. The number of carbonyl (C=O) groups is 2. The molecule has 82 valence electrons. The van der Waals surface area contributed by atoms with Crippen LogP contribution in [0.5, 0.6) is 0 Å². The Morgan fingerprint density at radius 2 is 2.13 bits per heavy atom. The summed E-state index contributed by atoms with van der Waals surface area (Å²) in [6.45, 7) is 2.08. The van der Waals surface area contributed by atoms with E-state index >= 15 is 0 Å². The Bertz CT molecular complexity index is 328. The van der Waals surface area contributed by atoms with Crippen molar-refractivity contribution in [1.82, 2.24) is 0 Å². The second-order valence-electron chi connectivity index (χ2n) is 4.28. The van der Waals surface area contributed by atoms with Crippen molar-refractivity contribution in [3.05, 3.63) is 11.3 Å². The number of rotatable bonds is 2. The molecule has 2 rings (SSSR count). The fourth-order valence-electron chi connectivity index (χ4n) is 2.47. The molecule has 0 bridgehead atoms. The predicted octanol–water partition coefficient (Wildman–Crippen LogP) is 2.36. The molecule has 0 saturated carbocycles. The molecular formula is C12H16O3.